The summed E-state index contributed by atoms with van der Waals surface area (Å²) in [5.74, 6) is -1.94. The predicted molar refractivity (Wildman–Crippen MR) is 126 cm³/mol. The van der Waals surface area contributed by atoms with Crippen LogP contribution in [0.3, 0.4) is 0 Å². The third-order valence-electron chi connectivity index (χ3n) is 5.75. The molecule has 12 heteroatoms. The number of hydrogen-bond acceptors (Lipinski definition) is 6. The Hall–Kier alpha value is -3.51. The van der Waals surface area contributed by atoms with E-state index in [0.29, 0.717) is 12.1 Å². The van der Waals surface area contributed by atoms with Crippen LogP contribution >= 0.6 is 0 Å². The molecule has 0 spiro atoms. The normalized spacial score (nSPS) is 16.9. The van der Waals surface area contributed by atoms with Crippen molar-refractivity contribution in [3.05, 3.63) is 65.6 Å². The summed E-state index contributed by atoms with van der Waals surface area (Å²) in [6.07, 6.45) is -2.31. The molecule has 9 nitrogen and oxygen atoms in total. The lowest BCUT2D eigenvalue weighted by atomic mass is 10.1. The van der Waals surface area contributed by atoms with Crippen LogP contribution in [-0.2, 0) is 11.3 Å². The number of halogens is 3. The minimum atomic E-state index is -5.08. The van der Waals surface area contributed by atoms with Gasteiger partial charge in [-0.15, -0.1) is 10.2 Å². The molecule has 0 saturated carbocycles. The number of nitrogens with zero attached hydrogens (tertiary/aromatic N) is 5. The van der Waals surface area contributed by atoms with Crippen LogP contribution in [0.1, 0.15) is 41.1 Å². The number of carbonyl (C=O) groups is 2. The zero-order valence-corrected chi connectivity index (χ0v) is 20.1. The van der Waals surface area contributed by atoms with Crippen molar-refractivity contribution in [1.82, 2.24) is 29.7 Å². The van der Waals surface area contributed by atoms with Gasteiger partial charge >= 0.3 is 12.1 Å². The maximum atomic E-state index is 12.4. The smallest absolute Gasteiger partial charge is 0.475 e. The maximum Gasteiger partial charge on any atom is 0.490 e. The molecular weight excluding hydrogens is 477 g/mol. The van der Waals surface area contributed by atoms with Crippen molar-refractivity contribution in [2.75, 3.05) is 33.2 Å². The number of likely N-dealkylation sites (N-methyl/N-ethyl adjacent to an activating group) is 1. The Labute approximate surface area is 206 Å². The number of rotatable bonds is 6. The highest BCUT2D eigenvalue weighted by Crippen LogP contribution is 2.24. The monoisotopic (exact) mass is 506 g/mol. The van der Waals surface area contributed by atoms with Gasteiger partial charge in [0.1, 0.15) is 0 Å². The molecule has 1 unspecified atom stereocenters. The van der Waals surface area contributed by atoms with E-state index in [9.17, 15) is 18.0 Å². The van der Waals surface area contributed by atoms with Crippen LogP contribution < -0.4 is 5.32 Å². The third kappa shape index (κ3) is 7.01. The summed E-state index contributed by atoms with van der Waals surface area (Å²) < 4.78 is 33.7. The molecule has 1 atom stereocenters. The first-order valence-electron chi connectivity index (χ1n) is 11.5. The minimum Gasteiger partial charge on any atom is -0.475 e. The number of piperazine rings is 1. The Morgan fingerprint density at radius 1 is 1.11 bits per heavy atom. The molecule has 0 radical (unpaired) electrons. The number of aliphatic carboxylic acids is 1. The molecule has 36 heavy (non-hydrogen) atoms. The highest BCUT2D eigenvalue weighted by Gasteiger charge is 2.38. The summed E-state index contributed by atoms with van der Waals surface area (Å²) in [4.78, 5) is 26.1. The number of benzene rings is 1. The van der Waals surface area contributed by atoms with E-state index in [2.05, 4.69) is 56.6 Å². The maximum absolute atomic E-state index is 12.4. The number of alkyl halides is 3. The van der Waals surface area contributed by atoms with Crippen LogP contribution in [-0.4, -0.2) is 80.8 Å². The molecule has 2 N–H and O–H groups in total. The summed E-state index contributed by atoms with van der Waals surface area (Å²) in [5, 5.41) is 18.9. The lowest BCUT2D eigenvalue weighted by molar-refractivity contribution is -0.192. The van der Waals surface area contributed by atoms with Gasteiger partial charge in [-0.25, -0.2) is 4.79 Å². The van der Waals surface area contributed by atoms with Crippen molar-refractivity contribution < 1.29 is 27.9 Å². The van der Waals surface area contributed by atoms with Gasteiger partial charge in [-0.3, -0.25) is 19.0 Å². The lowest BCUT2D eigenvalue weighted by Gasteiger charge is -2.38. The second-order valence-corrected chi connectivity index (χ2v) is 8.48. The van der Waals surface area contributed by atoms with Crippen LogP contribution in [0.2, 0.25) is 0 Å². The molecule has 1 aromatic carbocycles. The van der Waals surface area contributed by atoms with Crippen molar-refractivity contribution in [2.45, 2.75) is 32.1 Å². The van der Waals surface area contributed by atoms with E-state index in [-0.39, 0.29) is 11.9 Å². The molecule has 1 fully saturated rings. The van der Waals surface area contributed by atoms with Gasteiger partial charge in [0.2, 0.25) is 0 Å². The topological polar surface area (TPSA) is 103 Å². The Morgan fingerprint density at radius 3 is 2.44 bits per heavy atom. The molecule has 2 aromatic heterocycles. The SMILES string of the molecule is CCCNC(=O)c1ccc2nnc(C3CN(Cc4ccccc4)CCN3C)n2c1.O=C(O)C(F)(F)F. The Kier molecular flexibility index (Phi) is 8.99. The summed E-state index contributed by atoms with van der Waals surface area (Å²) in [5.41, 5.74) is 2.71. The van der Waals surface area contributed by atoms with Gasteiger partial charge in [0.05, 0.1) is 11.6 Å². The number of nitrogens with one attached hydrogen (secondary N) is 1. The summed E-state index contributed by atoms with van der Waals surface area (Å²) >= 11 is 0. The second kappa shape index (κ2) is 12.0. The van der Waals surface area contributed by atoms with E-state index in [0.717, 1.165) is 44.1 Å². The van der Waals surface area contributed by atoms with E-state index in [1.165, 1.54) is 5.56 Å². The molecule has 0 bridgehead atoms. The molecule has 3 aromatic rings. The van der Waals surface area contributed by atoms with Crippen LogP contribution in [0.4, 0.5) is 13.2 Å². The number of fused-ring (bicyclic) bond motifs is 1. The van der Waals surface area contributed by atoms with Gasteiger partial charge < -0.3 is 10.4 Å². The number of carbonyl (C=O) groups excluding carboxylic acids is 1. The lowest BCUT2D eigenvalue weighted by Crippen LogP contribution is -2.46. The van der Waals surface area contributed by atoms with Crippen LogP contribution in [0.25, 0.3) is 5.65 Å². The number of aromatic nitrogens is 3. The highest BCUT2D eigenvalue weighted by atomic mass is 19.4. The van der Waals surface area contributed by atoms with Crippen molar-refractivity contribution in [3.63, 3.8) is 0 Å². The number of carboxylic acid groups (broad SMARTS) is 1. The van der Waals surface area contributed by atoms with E-state index in [4.69, 9.17) is 9.90 Å². The van der Waals surface area contributed by atoms with Crippen LogP contribution in [0.15, 0.2) is 48.7 Å². The quantitative estimate of drug-likeness (QED) is 0.530. The van der Waals surface area contributed by atoms with Gasteiger partial charge in [-0.1, -0.05) is 37.3 Å². The fraction of sp³-hybridized carbons (Fsp3) is 0.417. The molecule has 0 aliphatic carbocycles. The Morgan fingerprint density at radius 2 is 1.81 bits per heavy atom. The van der Waals surface area contributed by atoms with Crippen LogP contribution in [0.5, 0.6) is 0 Å². The second-order valence-electron chi connectivity index (χ2n) is 8.48. The predicted octanol–water partition coefficient (Wildman–Crippen LogP) is 2.99. The Balaban J connectivity index is 0.000000454. The molecular formula is C24H29F3N6O3. The summed E-state index contributed by atoms with van der Waals surface area (Å²) in [6, 6.07) is 14.3. The molecule has 4 rings (SSSR count). The molecule has 1 saturated heterocycles. The molecule has 1 amide bonds. The van der Waals surface area contributed by atoms with Crippen molar-refractivity contribution >= 4 is 17.5 Å². The number of amides is 1. The van der Waals surface area contributed by atoms with Crippen molar-refractivity contribution in [2.24, 2.45) is 0 Å². The van der Waals surface area contributed by atoms with Crippen molar-refractivity contribution in [3.8, 4) is 0 Å². The number of pyridine rings is 1. The molecule has 194 valence electrons. The zero-order valence-electron chi connectivity index (χ0n) is 20.1. The first kappa shape index (κ1) is 27.1. The first-order chi connectivity index (χ1) is 17.1. The molecule has 1 aliphatic heterocycles. The first-order valence-corrected chi connectivity index (χ1v) is 11.5. The summed E-state index contributed by atoms with van der Waals surface area (Å²) in [6.45, 7) is 6.49. The standard InChI is InChI=1S/C22H28N6O.C2HF3O2/c1-3-11-23-22(29)18-9-10-20-24-25-21(28(20)15-18)19-16-27(13-12-26(19)2)14-17-7-5-4-6-8-17;3-2(4,5)1(6)7/h4-10,15,19H,3,11-14,16H2,1-2H3,(H,23,29);(H,6,7). The van der Waals surface area contributed by atoms with Crippen molar-refractivity contribution in [1.29, 1.82) is 0 Å². The number of carboxylic acids is 1. The molecule has 1 aliphatic rings. The van der Waals surface area contributed by atoms with Gasteiger partial charge in [0.25, 0.3) is 5.91 Å². The largest absolute Gasteiger partial charge is 0.490 e. The van der Waals surface area contributed by atoms with Gasteiger partial charge in [-0.05, 0) is 31.2 Å². The third-order valence-corrected chi connectivity index (χ3v) is 5.75. The van der Waals surface area contributed by atoms with E-state index < -0.39 is 12.1 Å². The van der Waals surface area contributed by atoms with Gasteiger partial charge in [0, 0.05) is 38.9 Å². The molecule has 3 heterocycles. The van der Waals surface area contributed by atoms with E-state index in [1.54, 1.807) is 0 Å². The average Bonchev–Trinajstić information content (AvgIpc) is 3.27. The summed E-state index contributed by atoms with van der Waals surface area (Å²) in [7, 11) is 2.13. The Bertz CT molecular complexity index is 1170. The van der Waals surface area contributed by atoms with Gasteiger partial charge in [-0.2, -0.15) is 13.2 Å². The highest BCUT2D eigenvalue weighted by molar-refractivity contribution is 5.94. The fourth-order valence-electron chi connectivity index (χ4n) is 3.80. The van der Waals surface area contributed by atoms with E-state index in [1.807, 2.05) is 35.7 Å². The fourth-order valence-corrected chi connectivity index (χ4v) is 3.80. The van der Waals surface area contributed by atoms with E-state index >= 15 is 0 Å². The number of hydrogen-bond donors (Lipinski definition) is 2. The minimum absolute atomic E-state index is 0.0592. The van der Waals surface area contributed by atoms with Gasteiger partial charge in [0.15, 0.2) is 11.5 Å². The van der Waals surface area contributed by atoms with Crippen LogP contribution in [0, 0.1) is 0 Å². The average molecular weight is 507 g/mol. The zero-order chi connectivity index (χ0) is 26.3.